The van der Waals surface area contributed by atoms with Crippen molar-refractivity contribution in [1.82, 2.24) is 4.90 Å². The van der Waals surface area contributed by atoms with Crippen LogP contribution in [0.25, 0.3) is 0 Å². The van der Waals surface area contributed by atoms with E-state index in [1.165, 1.54) is 115 Å². The van der Waals surface area contributed by atoms with E-state index < -0.39 is 0 Å². The van der Waals surface area contributed by atoms with Gasteiger partial charge >= 0.3 is 0 Å². The van der Waals surface area contributed by atoms with E-state index in [4.69, 9.17) is 0 Å². The zero-order valence-corrected chi connectivity index (χ0v) is 20.0. The summed E-state index contributed by atoms with van der Waals surface area (Å²) in [6, 6.07) is 10.9. The van der Waals surface area contributed by atoms with Crippen LogP contribution in [0.5, 0.6) is 0 Å². The number of anilines is 1. The van der Waals surface area contributed by atoms with Crippen molar-refractivity contribution < 1.29 is 0 Å². The molecule has 1 atom stereocenters. The minimum absolute atomic E-state index is 0.506. The first kappa shape index (κ1) is 24.8. The van der Waals surface area contributed by atoms with E-state index in [2.05, 4.69) is 66.4 Å². The van der Waals surface area contributed by atoms with Crippen LogP contribution in [0.3, 0.4) is 0 Å². The van der Waals surface area contributed by atoms with E-state index in [0.717, 1.165) is 0 Å². The van der Waals surface area contributed by atoms with Crippen LogP contribution in [0.2, 0.25) is 0 Å². The molecule has 0 N–H and O–H groups in total. The number of para-hydroxylation sites is 1. The van der Waals surface area contributed by atoms with Gasteiger partial charge in [-0.05, 0) is 31.4 Å². The van der Waals surface area contributed by atoms with Crippen molar-refractivity contribution in [2.75, 3.05) is 11.4 Å². The summed E-state index contributed by atoms with van der Waals surface area (Å²) >= 11 is 0. The molecule has 0 fully saturated rings. The van der Waals surface area contributed by atoms with Gasteiger partial charge in [0.1, 0.15) is 6.17 Å². The summed E-state index contributed by atoms with van der Waals surface area (Å²) in [6.07, 6.45) is 27.5. The van der Waals surface area contributed by atoms with Gasteiger partial charge in [-0.25, -0.2) is 0 Å². The van der Waals surface area contributed by atoms with Crippen LogP contribution in [0.1, 0.15) is 117 Å². The molecule has 1 aliphatic rings. The molecule has 1 aliphatic heterocycles. The molecule has 0 amide bonds. The molecule has 0 aromatic heterocycles. The Morgan fingerprint density at radius 2 is 1.13 bits per heavy atom. The van der Waals surface area contributed by atoms with Crippen LogP contribution in [0.15, 0.2) is 42.7 Å². The average molecular weight is 413 g/mol. The van der Waals surface area contributed by atoms with Crippen molar-refractivity contribution in [2.24, 2.45) is 0 Å². The molecule has 2 rings (SSSR count). The van der Waals surface area contributed by atoms with Crippen molar-refractivity contribution in [1.29, 1.82) is 0 Å². The number of hydrogen-bond acceptors (Lipinski definition) is 2. The van der Waals surface area contributed by atoms with Gasteiger partial charge in [-0.15, -0.1) is 0 Å². The first-order chi connectivity index (χ1) is 14.9. The Bertz CT molecular complexity index is 539. The van der Waals surface area contributed by atoms with E-state index in [1.54, 1.807) is 0 Å². The molecule has 1 aromatic carbocycles. The second kappa shape index (κ2) is 16.3. The number of rotatable bonds is 18. The minimum atomic E-state index is 0.506. The van der Waals surface area contributed by atoms with Crippen molar-refractivity contribution >= 4 is 5.69 Å². The number of hydrogen-bond donors (Lipinski definition) is 0. The van der Waals surface area contributed by atoms with Crippen LogP contribution in [0, 0.1) is 0 Å². The Labute approximate surface area is 187 Å². The van der Waals surface area contributed by atoms with Gasteiger partial charge in [0.05, 0.1) is 0 Å². The smallest absolute Gasteiger partial charge is 0.105 e. The highest BCUT2D eigenvalue weighted by molar-refractivity contribution is 5.51. The zero-order valence-electron chi connectivity index (χ0n) is 20.0. The maximum absolute atomic E-state index is 2.57. The maximum atomic E-state index is 2.57. The van der Waals surface area contributed by atoms with Gasteiger partial charge in [0, 0.05) is 24.6 Å². The Morgan fingerprint density at radius 1 is 0.600 bits per heavy atom. The fraction of sp³-hybridized carbons (Fsp3) is 0.714. The lowest BCUT2D eigenvalue weighted by molar-refractivity contribution is 0.275. The monoisotopic (exact) mass is 412 g/mol. The fourth-order valence-corrected chi connectivity index (χ4v) is 4.59. The van der Waals surface area contributed by atoms with Gasteiger partial charge in [0.25, 0.3) is 0 Å². The Morgan fingerprint density at radius 3 is 1.70 bits per heavy atom. The molecule has 0 saturated heterocycles. The second-order valence-electron chi connectivity index (χ2n) is 9.14. The van der Waals surface area contributed by atoms with Gasteiger partial charge in [0.2, 0.25) is 0 Å². The van der Waals surface area contributed by atoms with Gasteiger partial charge in [0.15, 0.2) is 0 Å². The standard InChI is InChI=1S/C28H48N2/c1-3-5-7-8-9-10-11-12-13-14-15-16-20-23-28-29(24-6-4-2)25-26-30(28)27-21-18-17-19-22-27/h17-19,21-22,25-26,28H,3-16,20,23-24H2,1-2H3. The fourth-order valence-electron chi connectivity index (χ4n) is 4.59. The summed E-state index contributed by atoms with van der Waals surface area (Å²) < 4.78 is 0. The molecule has 1 unspecified atom stereocenters. The first-order valence-electron chi connectivity index (χ1n) is 13.1. The van der Waals surface area contributed by atoms with Crippen molar-refractivity contribution in [3.05, 3.63) is 42.7 Å². The highest BCUT2D eigenvalue weighted by Crippen LogP contribution is 2.28. The SMILES string of the molecule is CCCCCCCCCCCCCCCC1N(CCCC)C=CN1c1ccccc1. The lowest BCUT2D eigenvalue weighted by Gasteiger charge is -2.33. The quantitative estimate of drug-likeness (QED) is 0.222. The summed E-state index contributed by atoms with van der Waals surface area (Å²) in [4.78, 5) is 5.05. The Kier molecular flexibility index (Phi) is 13.5. The summed E-state index contributed by atoms with van der Waals surface area (Å²) in [5.41, 5.74) is 1.33. The van der Waals surface area contributed by atoms with E-state index in [0.29, 0.717) is 6.17 Å². The van der Waals surface area contributed by atoms with Gasteiger partial charge in [-0.2, -0.15) is 0 Å². The predicted molar refractivity (Wildman–Crippen MR) is 134 cm³/mol. The van der Waals surface area contributed by atoms with Crippen LogP contribution in [0.4, 0.5) is 5.69 Å². The maximum Gasteiger partial charge on any atom is 0.105 e. The minimum Gasteiger partial charge on any atom is -0.356 e. The van der Waals surface area contributed by atoms with E-state index in [9.17, 15) is 0 Å². The van der Waals surface area contributed by atoms with Crippen LogP contribution >= 0.6 is 0 Å². The molecular weight excluding hydrogens is 364 g/mol. The highest BCUT2D eigenvalue weighted by Gasteiger charge is 2.26. The van der Waals surface area contributed by atoms with Gasteiger partial charge in [-0.1, -0.05) is 116 Å². The predicted octanol–water partition coefficient (Wildman–Crippen LogP) is 8.89. The molecule has 30 heavy (non-hydrogen) atoms. The lowest BCUT2D eigenvalue weighted by Crippen LogP contribution is -2.39. The topological polar surface area (TPSA) is 6.48 Å². The molecule has 2 heteroatoms. The van der Waals surface area contributed by atoms with Crippen molar-refractivity contribution in [3.63, 3.8) is 0 Å². The molecule has 2 nitrogen and oxygen atoms in total. The highest BCUT2D eigenvalue weighted by atomic mass is 15.4. The van der Waals surface area contributed by atoms with E-state index >= 15 is 0 Å². The largest absolute Gasteiger partial charge is 0.356 e. The second-order valence-corrected chi connectivity index (χ2v) is 9.14. The van der Waals surface area contributed by atoms with Crippen LogP contribution in [-0.2, 0) is 0 Å². The van der Waals surface area contributed by atoms with Crippen molar-refractivity contribution in [2.45, 2.75) is 123 Å². The third-order valence-electron chi connectivity index (χ3n) is 6.51. The summed E-state index contributed by atoms with van der Waals surface area (Å²) in [6.45, 7) is 5.77. The summed E-state index contributed by atoms with van der Waals surface area (Å²) in [5.74, 6) is 0. The zero-order chi connectivity index (χ0) is 21.3. The number of nitrogens with zero attached hydrogens (tertiary/aromatic N) is 2. The Hall–Kier alpha value is -1.44. The first-order valence-corrected chi connectivity index (χ1v) is 13.1. The lowest BCUT2D eigenvalue weighted by atomic mass is 10.0. The van der Waals surface area contributed by atoms with Gasteiger partial charge < -0.3 is 9.80 Å². The van der Waals surface area contributed by atoms with Crippen LogP contribution in [-0.4, -0.2) is 17.6 Å². The molecule has 1 aromatic rings. The Balaban J connectivity index is 1.57. The molecule has 1 heterocycles. The molecule has 0 spiro atoms. The molecule has 0 radical (unpaired) electrons. The number of unbranched alkanes of at least 4 members (excludes halogenated alkanes) is 13. The van der Waals surface area contributed by atoms with E-state index in [-0.39, 0.29) is 0 Å². The third kappa shape index (κ3) is 9.58. The summed E-state index contributed by atoms with van der Waals surface area (Å²) in [5, 5.41) is 0. The third-order valence-corrected chi connectivity index (χ3v) is 6.51. The summed E-state index contributed by atoms with van der Waals surface area (Å²) in [7, 11) is 0. The molecule has 170 valence electrons. The average Bonchev–Trinajstić information content (AvgIpc) is 3.18. The normalized spacial score (nSPS) is 16.0. The molecular formula is C28H48N2. The van der Waals surface area contributed by atoms with Crippen LogP contribution < -0.4 is 4.90 Å². The van der Waals surface area contributed by atoms with Crippen molar-refractivity contribution in [3.8, 4) is 0 Å². The van der Waals surface area contributed by atoms with Gasteiger partial charge in [-0.3, -0.25) is 0 Å². The molecule has 0 saturated carbocycles. The number of benzene rings is 1. The molecule has 0 bridgehead atoms. The van der Waals surface area contributed by atoms with E-state index in [1.807, 2.05) is 0 Å². The molecule has 0 aliphatic carbocycles.